The van der Waals surface area contributed by atoms with Crippen LogP contribution in [0, 0.1) is 0 Å². The van der Waals surface area contributed by atoms with Crippen LogP contribution in [0.4, 0.5) is 0 Å². The number of ether oxygens (including phenoxy) is 2. The number of piperidine rings is 1. The van der Waals surface area contributed by atoms with Crippen molar-refractivity contribution in [1.82, 2.24) is 10.6 Å². The summed E-state index contributed by atoms with van der Waals surface area (Å²) in [5, 5.41) is 6.30. The van der Waals surface area contributed by atoms with Gasteiger partial charge in [0, 0.05) is 0 Å². The molecule has 5 nitrogen and oxygen atoms in total. The van der Waals surface area contributed by atoms with E-state index in [9.17, 15) is 4.79 Å². The molecule has 122 valence electrons. The van der Waals surface area contributed by atoms with Crippen molar-refractivity contribution >= 4 is 18.3 Å². The van der Waals surface area contributed by atoms with Crippen molar-refractivity contribution in [3.8, 4) is 11.5 Å². The maximum absolute atomic E-state index is 12.3. The molecule has 0 bridgehead atoms. The number of hydrogen-bond acceptors (Lipinski definition) is 4. The summed E-state index contributed by atoms with van der Waals surface area (Å²) >= 11 is 0. The van der Waals surface area contributed by atoms with Crippen molar-refractivity contribution in [2.75, 3.05) is 19.7 Å². The molecule has 1 fully saturated rings. The fourth-order valence-corrected chi connectivity index (χ4v) is 2.82. The van der Waals surface area contributed by atoms with Crippen LogP contribution in [-0.2, 0) is 4.79 Å². The Kier molecular flexibility index (Phi) is 5.53. The molecular weight excluding hydrogens is 304 g/mol. The third-order valence-electron chi connectivity index (χ3n) is 4.18. The van der Waals surface area contributed by atoms with Crippen LogP contribution in [0.25, 0.3) is 0 Å². The molecule has 1 amide bonds. The quantitative estimate of drug-likeness (QED) is 0.890. The first kappa shape index (κ1) is 16.9. The van der Waals surface area contributed by atoms with Gasteiger partial charge >= 0.3 is 0 Å². The van der Waals surface area contributed by atoms with Crippen LogP contribution in [0.2, 0.25) is 0 Å². The van der Waals surface area contributed by atoms with E-state index < -0.39 is 5.54 Å². The van der Waals surface area contributed by atoms with Gasteiger partial charge < -0.3 is 20.1 Å². The number of halogens is 1. The Hall–Kier alpha value is -1.46. The van der Waals surface area contributed by atoms with Gasteiger partial charge in [-0.2, -0.15) is 0 Å². The third kappa shape index (κ3) is 3.65. The van der Waals surface area contributed by atoms with E-state index in [2.05, 4.69) is 10.6 Å². The summed E-state index contributed by atoms with van der Waals surface area (Å²) in [6.07, 6.45) is 2.96. The minimum absolute atomic E-state index is 0. The molecular formula is C16H23ClN2O3. The maximum atomic E-state index is 12.3. The molecule has 2 atom stereocenters. The summed E-state index contributed by atoms with van der Waals surface area (Å²) in [4.78, 5) is 12.3. The van der Waals surface area contributed by atoms with Gasteiger partial charge in [-0.3, -0.25) is 4.79 Å². The van der Waals surface area contributed by atoms with Gasteiger partial charge in [0.2, 0.25) is 5.91 Å². The van der Waals surface area contributed by atoms with Gasteiger partial charge in [0.05, 0.1) is 12.1 Å². The van der Waals surface area contributed by atoms with Gasteiger partial charge in [-0.05, 0) is 44.9 Å². The summed E-state index contributed by atoms with van der Waals surface area (Å²) in [6.45, 7) is 3.79. The highest BCUT2D eigenvalue weighted by Crippen LogP contribution is 2.30. The standard InChI is InChI=1S/C16H22N2O3.ClH/c1-16(8-4-5-9-18-16)15(19)17-10-12-11-20-13-6-2-3-7-14(13)21-12;/h2-3,6-7,12,18H,4-5,8-11H2,1H3,(H,17,19);1H. The number of benzene rings is 1. The van der Waals surface area contributed by atoms with Gasteiger partial charge in [-0.25, -0.2) is 0 Å². The van der Waals surface area contributed by atoms with Crippen LogP contribution in [0.15, 0.2) is 24.3 Å². The Morgan fingerprint density at radius 3 is 2.86 bits per heavy atom. The molecule has 0 spiro atoms. The number of fused-ring (bicyclic) bond motifs is 1. The number of amides is 1. The summed E-state index contributed by atoms with van der Waals surface area (Å²) in [6, 6.07) is 7.60. The predicted octanol–water partition coefficient (Wildman–Crippen LogP) is 1.90. The van der Waals surface area contributed by atoms with Crippen molar-refractivity contribution in [1.29, 1.82) is 0 Å². The van der Waals surface area contributed by atoms with Gasteiger partial charge in [0.1, 0.15) is 12.7 Å². The van der Waals surface area contributed by atoms with Crippen molar-refractivity contribution in [2.45, 2.75) is 37.8 Å². The fourth-order valence-electron chi connectivity index (χ4n) is 2.82. The van der Waals surface area contributed by atoms with Gasteiger partial charge in [0.15, 0.2) is 11.5 Å². The zero-order valence-electron chi connectivity index (χ0n) is 12.8. The first-order chi connectivity index (χ1) is 10.2. The number of carbonyl (C=O) groups excluding carboxylic acids is 1. The van der Waals surface area contributed by atoms with E-state index in [0.29, 0.717) is 13.2 Å². The third-order valence-corrected chi connectivity index (χ3v) is 4.18. The van der Waals surface area contributed by atoms with Gasteiger partial charge in [-0.15, -0.1) is 12.4 Å². The summed E-state index contributed by atoms with van der Waals surface area (Å²) in [7, 11) is 0. The fraction of sp³-hybridized carbons (Fsp3) is 0.562. The van der Waals surface area contributed by atoms with E-state index in [4.69, 9.17) is 9.47 Å². The molecule has 2 heterocycles. The molecule has 3 rings (SSSR count). The smallest absolute Gasteiger partial charge is 0.240 e. The maximum Gasteiger partial charge on any atom is 0.240 e. The van der Waals surface area contributed by atoms with Crippen molar-refractivity contribution in [2.24, 2.45) is 0 Å². The van der Waals surface area contributed by atoms with Crippen LogP contribution in [0.1, 0.15) is 26.2 Å². The molecule has 1 saturated heterocycles. The Morgan fingerprint density at radius 2 is 2.14 bits per heavy atom. The average molecular weight is 327 g/mol. The normalized spacial score (nSPS) is 26.7. The number of hydrogen-bond donors (Lipinski definition) is 2. The predicted molar refractivity (Wildman–Crippen MR) is 86.9 cm³/mol. The molecule has 0 aromatic heterocycles. The molecule has 2 aliphatic heterocycles. The lowest BCUT2D eigenvalue weighted by atomic mass is 9.90. The molecule has 0 radical (unpaired) electrons. The van der Waals surface area contributed by atoms with E-state index in [-0.39, 0.29) is 24.4 Å². The average Bonchev–Trinajstić information content (AvgIpc) is 2.53. The Morgan fingerprint density at radius 1 is 1.36 bits per heavy atom. The molecule has 2 unspecified atom stereocenters. The Labute approximate surface area is 137 Å². The second kappa shape index (κ2) is 7.20. The topological polar surface area (TPSA) is 59.6 Å². The van der Waals surface area contributed by atoms with Crippen LogP contribution in [-0.4, -0.2) is 37.2 Å². The zero-order valence-corrected chi connectivity index (χ0v) is 13.6. The SMILES string of the molecule is CC1(C(=O)NCC2COc3ccccc3O2)CCCCN1.Cl. The van der Waals surface area contributed by atoms with E-state index in [1.165, 1.54) is 0 Å². The first-order valence-electron chi connectivity index (χ1n) is 7.59. The molecule has 1 aromatic carbocycles. The van der Waals surface area contributed by atoms with Gasteiger partial charge in [-0.1, -0.05) is 12.1 Å². The molecule has 0 aliphatic carbocycles. The minimum Gasteiger partial charge on any atom is -0.486 e. The van der Waals surface area contributed by atoms with E-state index in [0.717, 1.165) is 37.3 Å². The largest absolute Gasteiger partial charge is 0.486 e. The summed E-state index contributed by atoms with van der Waals surface area (Å²) < 4.78 is 11.5. The number of para-hydroxylation sites is 2. The van der Waals surface area contributed by atoms with Crippen LogP contribution >= 0.6 is 12.4 Å². The molecule has 1 aromatic rings. The van der Waals surface area contributed by atoms with Crippen LogP contribution < -0.4 is 20.1 Å². The Balaban J connectivity index is 0.00000176. The summed E-state index contributed by atoms with van der Waals surface area (Å²) in [5.74, 6) is 1.55. The summed E-state index contributed by atoms with van der Waals surface area (Å²) in [5.41, 5.74) is -0.453. The minimum atomic E-state index is -0.453. The lowest BCUT2D eigenvalue weighted by Gasteiger charge is -2.34. The lowest BCUT2D eigenvalue weighted by molar-refractivity contribution is -0.128. The van der Waals surface area contributed by atoms with E-state index in [1.807, 2.05) is 31.2 Å². The molecule has 6 heteroatoms. The monoisotopic (exact) mass is 326 g/mol. The second-order valence-corrected chi connectivity index (χ2v) is 5.92. The highest BCUT2D eigenvalue weighted by Gasteiger charge is 2.34. The number of carbonyl (C=O) groups is 1. The van der Waals surface area contributed by atoms with Crippen LogP contribution in [0.3, 0.4) is 0 Å². The zero-order chi connectivity index (χ0) is 14.7. The first-order valence-corrected chi connectivity index (χ1v) is 7.59. The molecule has 2 N–H and O–H groups in total. The number of rotatable bonds is 3. The molecule has 2 aliphatic rings. The van der Waals surface area contributed by atoms with Crippen molar-refractivity contribution in [3.05, 3.63) is 24.3 Å². The molecule has 0 saturated carbocycles. The van der Waals surface area contributed by atoms with E-state index >= 15 is 0 Å². The number of nitrogens with one attached hydrogen (secondary N) is 2. The van der Waals surface area contributed by atoms with Gasteiger partial charge in [0.25, 0.3) is 0 Å². The van der Waals surface area contributed by atoms with Crippen LogP contribution in [0.5, 0.6) is 11.5 Å². The molecule has 22 heavy (non-hydrogen) atoms. The highest BCUT2D eigenvalue weighted by atomic mass is 35.5. The van der Waals surface area contributed by atoms with E-state index in [1.54, 1.807) is 0 Å². The Bertz CT molecular complexity index is 518. The lowest BCUT2D eigenvalue weighted by Crippen LogP contribution is -2.58. The van der Waals surface area contributed by atoms with Crippen molar-refractivity contribution < 1.29 is 14.3 Å². The second-order valence-electron chi connectivity index (χ2n) is 5.92. The van der Waals surface area contributed by atoms with Crippen molar-refractivity contribution in [3.63, 3.8) is 0 Å². The highest BCUT2D eigenvalue weighted by molar-refractivity contribution is 5.86.